The lowest BCUT2D eigenvalue weighted by Gasteiger charge is -1.99. The summed E-state index contributed by atoms with van der Waals surface area (Å²) in [6, 6.07) is 1.91. The number of carbonyl (C=O) groups is 2. The molecule has 0 heterocycles. The highest BCUT2D eigenvalue weighted by molar-refractivity contribution is 6.16. The Morgan fingerprint density at radius 3 is 2.54 bits per heavy atom. The third-order valence-corrected chi connectivity index (χ3v) is 1.39. The van der Waals surface area contributed by atoms with E-state index in [9.17, 15) is 9.59 Å². The quantitative estimate of drug-likeness (QED) is 0.213. The number of Topliss-reactive ketones (excluding diaryl/α,β-unsaturated/α-hetero) is 1. The van der Waals surface area contributed by atoms with Crippen LogP contribution in [0.4, 0.5) is 0 Å². The van der Waals surface area contributed by atoms with Gasteiger partial charge in [0.05, 0.1) is 18.8 Å². The van der Waals surface area contributed by atoms with Gasteiger partial charge in [-0.25, -0.2) is 4.79 Å². The second kappa shape index (κ2) is 5.95. The Kier molecular flexibility index (Phi) is 5.20. The van der Waals surface area contributed by atoms with Crippen molar-refractivity contribution >= 4 is 11.8 Å². The predicted molar refractivity (Wildman–Crippen MR) is 45.6 cm³/mol. The van der Waals surface area contributed by atoms with Gasteiger partial charge in [-0.3, -0.25) is 4.79 Å². The number of unbranched alkanes of at least 4 members (excludes halogenated alkanes) is 1. The molecule has 0 aromatic heterocycles. The van der Waals surface area contributed by atoms with Crippen molar-refractivity contribution in [3.8, 4) is 6.07 Å². The van der Waals surface area contributed by atoms with E-state index in [0.717, 1.165) is 0 Å². The summed E-state index contributed by atoms with van der Waals surface area (Å²) < 4.78 is 4.39. The molecule has 0 rings (SSSR count). The molecule has 0 unspecified atom stereocenters. The van der Waals surface area contributed by atoms with Gasteiger partial charge in [0.2, 0.25) is 0 Å². The minimum Gasteiger partial charge on any atom is -0.465 e. The molecule has 0 atom stereocenters. The van der Waals surface area contributed by atoms with Gasteiger partial charge in [0, 0.05) is 6.42 Å². The number of hydrogen-bond acceptors (Lipinski definition) is 4. The van der Waals surface area contributed by atoms with Gasteiger partial charge in [-0.05, 0) is 13.3 Å². The third-order valence-electron chi connectivity index (χ3n) is 1.39. The summed E-state index contributed by atoms with van der Waals surface area (Å²) >= 11 is 0. The molecule has 0 N–H and O–H groups in total. The van der Waals surface area contributed by atoms with Gasteiger partial charge in [-0.15, -0.1) is 0 Å². The Morgan fingerprint density at radius 1 is 1.54 bits per heavy atom. The first-order valence-corrected chi connectivity index (χ1v) is 3.79. The van der Waals surface area contributed by atoms with E-state index in [1.54, 1.807) is 0 Å². The van der Waals surface area contributed by atoms with Gasteiger partial charge >= 0.3 is 5.97 Å². The summed E-state index contributed by atoms with van der Waals surface area (Å²) in [6.45, 7) is 1.29. The van der Waals surface area contributed by atoms with Crippen molar-refractivity contribution in [2.75, 3.05) is 7.11 Å². The lowest BCUT2D eigenvalue weighted by atomic mass is 10.1. The van der Waals surface area contributed by atoms with Crippen molar-refractivity contribution in [1.82, 2.24) is 0 Å². The SMILES string of the molecule is COC(=O)C(=CCCC#N)C(C)=O. The van der Waals surface area contributed by atoms with Crippen LogP contribution in [0.25, 0.3) is 0 Å². The van der Waals surface area contributed by atoms with E-state index in [1.165, 1.54) is 20.1 Å². The fourth-order valence-corrected chi connectivity index (χ4v) is 0.762. The first kappa shape index (κ1) is 11.4. The summed E-state index contributed by atoms with van der Waals surface area (Å²) in [5.41, 5.74) is 0.0118. The molecule has 0 aromatic carbocycles. The number of hydrogen-bond donors (Lipinski definition) is 0. The average molecular weight is 181 g/mol. The van der Waals surface area contributed by atoms with Crippen LogP contribution in [0, 0.1) is 11.3 Å². The van der Waals surface area contributed by atoms with Gasteiger partial charge in [0.15, 0.2) is 5.78 Å². The van der Waals surface area contributed by atoms with Crippen LogP contribution in [0.1, 0.15) is 19.8 Å². The van der Waals surface area contributed by atoms with E-state index in [1.807, 2.05) is 6.07 Å². The molecular formula is C9H11NO3. The molecule has 0 fully saturated rings. The molecule has 0 aliphatic carbocycles. The molecule has 0 aliphatic rings. The van der Waals surface area contributed by atoms with Crippen molar-refractivity contribution in [2.45, 2.75) is 19.8 Å². The number of ether oxygens (including phenoxy) is 1. The first-order chi connectivity index (χ1) is 6.13. The number of nitrogens with zero attached hydrogens (tertiary/aromatic N) is 1. The minimum atomic E-state index is -0.648. The summed E-state index contributed by atoms with van der Waals surface area (Å²) in [6.07, 6.45) is 2.10. The van der Waals surface area contributed by atoms with Crippen LogP contribution in [0.15, 0.2) is 11.6 Å². The van der Waals surface area contributed by atoms with E-state index >= 15 is 0 Å². The molecule has 0 spiro atoms. The first-order valence-electron chi connectivity index (χ1n) is 3.79. The fourth-order valence-electron chi connectivity index (χ4n) is 0.762. The van der Waals surface area contributed by atoms with Crippen molar-refractivity contribution in [3.63, 3.8) is 0 Å². The molecule has 0 aromatic rings. The maximum absolute atomic E-state index is 11.0. The Bertz CT molecular complexity index is 273. The van der Waals surface area contributed by atoms with Crippen LogP contribution < -0.4 is 0 Å². The van der Waals surface area contributed by atoms with E-state index in [0.29, 0.717) is 6.42 Å². The lowest BCUT2D eigenvalue weighted by molar-refractivity contribution is -0.137. The van der Waals surface area contributed by atoms with Gasteiger partial charge < -0.3 is 4.74 Å². The maximum Gasteiger partial charge on any atom is 0.341 e. The van der Waals surface area contributed by atoms with Crippen LogP contribution in [-0.4, -0.2) is 18.9 Å². The van der Waals surface area contributed by atoms with Crippen molar-refractivity contribution in [1.29, 1.82) is 5.26 Å². The van der Waals surface area contributed by atoms with Gasteiger partial charge in [0.1, 0.15) is 0 Å². The minimum absolute atomic E-state index is 0.0118. The molecule has 0 saturated heterocycles. The standard InChI is InChI=1S/C9H11NO3/c1-7(11)8(9(12)13-2)5-3-4-6-10/h5H,3-4H2,1-2H3. The van der Waals surface area contributed by atoms with Crippen LogP contribution in [0.3, 0.4) is 0 Å². The zero-order chi connectivity index (χ0) is 10.3. The number of esters is 1. The topological polar surface area (TPSA) is 67.2 Å². The molecule has 0 saturated carbocycles. The molecule has 4 nitrogen and oxygen atoms in total. The van der Waals surface area contributed by atoms with E-state index < -0.39 is 5.97 Å². The van der Waals surface area contributed by atoms with Gasteiger partial charge in [-0.2, -0.15) is 5.26 Å². The summed E-state index contributed by atoms with van der Waals surface area (Å²) in [7, 11) is 1.21. The summed E-state index contributed by atoms with van der Waals surface area (Å²) in [5.74, 6) is -0.991. The molecular weight excluding hydrogens is 170 g/mol. The Hall–Kier alpha value is -1.63. The zero-order valence-corrected chi connectivity index (χ0v) is 7.66. The molecule has 70 valence electrons. The number of rotatable bonds is 4. The fraction of sp³-hybridized carbons (Fsp3) is 0.444. The highest BCUT2D eigenvalue weighted by atomic mass is 16.5. The van der Waals surface area contributed by atoms with Gasteiger partial charge in [0.25, 0.3) is 0 Å². The van der Waals surface area contributed by atoms with E-state index in [4.69, 9.17) is 5.26 Å². The van der Waals surface area contributed by atoms with Crippen LogP contribution >= 0.6 is 0 Å². The Balaban J connectivity index is 4.43. The number of carbonyl (C=O) groups excluding carboxylic acids is 2. The smallest absolute Gasteiger partial charge is 0.341 e. The highest BCUT2D eigenvalue weighted by Crippen LogP contribution is 2.02. The zero-order valence-electron chi connectivity index (χ0n) is 7.66. The van der Waals surface area contributed by atoms with Crippen molar-refractivity contribution in [2.24, 2.45) is 0 Å². The monoisotopic (exact) mass is 181 g/mol. The van der Waals surface area contributed by atoms with Crippen molar-refractivity contribution < 1.29 is 14.3 Å². The van der Waals surface area contributed by atoms with Crippen molar-refractivity contribution in [3.05, 3.63) is 11.6 Å². The number of ketones is 1. The second-order valence-electron chi connectivity index (χ2n) is 2.36. The highest BCUT2D eigenvalue weighted by Gasteiger charge is 2.13. The van der Waals surface area contributed by atoms with Crippen LogP contribution in [-0.2, 0) is 14.3 Å². The van der Waals surface area contributed by atoms with Gasteiger partial charge in [-0.1, -0.05) is 6.08 Å². The van der Waals surface area contributed by atoms with E-state index in [-0.39, 0.29) is 17.8 Å². The third kappa shape index (κ3) is 4.06. The maximum atomic E-state index is 11.0. The van der Waals surface area contributed by atoms with E-state index in [2.05, 4.69) is 4.74 Å². The number of nitriles is 1. The largest absolute Gasteiger partial charge is 0.465 e. The van der Waals surface area contributed by atoms with Crippen LogP contribution in [0.2, 0.25) is 0 Å². The summed E-state index contributed by atoms with van der Waals surface area (Å²) in [4.78, 5) is 21.8. The second-order valence-corrected chi connectivity index (χ2v) is 2.36. The molecule has 0 amide bonds. The molecule has 4 heteroatoms. The average Bonchev–Trinajstić information content (AvgIpc) is 2.11. The number of methoxy groups -OCH3 is 1. The molecule has 0 aliphatic heterocycles. The normalized spacial score (nSPS) is 10.4. The van der Waals surface area contributed by atoms with Crippen LogP contribution in [0.5, 0.6) is 0 Å². The summed E-state index contributed by atoms with van der Waals surface area (Å²) in [5, 5.41) is 8.23. The molecule has 13 heavy (non-hydrogen) atoms. The Labute approximate surface area is 76.8 Å². The molecule has 0 bridgehead atoms. The lowest BCUT2D eigenvalue weighted by Crippen LogP contribution is -2.11. The molecule has 0 radical (unpaired) electrons. The predicted octanol–water partition coefficient (Wildman–Crippen LogP) is 0.979. The Morgan fingerprint density at radius 2 is 2.15 bits per heavy atom. The number of allylic oxidation sites excluding steroid dienone is 1.